The van der Waals surface area contributed by atoms with Gasteiger partial charge in [0, 0.05) is 32.2 Å². The summed E-state index contributed by atoms with van der Waals surface area (Å²) in [6, 6.07) is 0.719. The van der Waals surface area contributed by atoms with Crippen LogP contribution in [-0.4, -0.2) is 49.1 Å². The summed E-state index contributed by atoms with van der Waals surface area (Å²) < 4.78 is 0. The van der Waals surface area contributed by atoms with Crippen molar-refractivity contribution in [2.75, 3.05) is 33.2 Å². The summed E-state index contributed by atoms with van der Waals surface area (Å²) in [4.78, 5) is 5.03. The van der Waals surface area contributed by atoms with E-state index in [1.165, 1.54) is 26.2 Å². The second-order valence-electron chi connectivity index (χ2n) is 5.63. The van der Waals surface area contributed by atoms with Gasteiger partial charge in [-0.1, -0.05) is 20.8 Å². The molecule has 1 heterocycles. The van der Waals surface area contributed by atoms with Crippen LogP contribution in [0.1, 0.15) is 27.7 Å². The molecule has 0 aromatic rings. The van der Waals surface area contributed by atoms with Gasteiger partial charge in [0.1, 0.15) is 0 Å². The highest BCUT2D eigenvalue weighted by Gasteiger charge is 2.23. The summed E-state index contributed by atoms with van der Waals surface area (Å²) in [7, 11) is 2.22. The van der Waals surface area contributed by atoms with Gasteiger partial charge in [-0.2, -0.15) is 0 Å². The molecule has 78 valence electrons. The van der Waals surface area contributed by atoms with Crippen LogP contribution in [-0.2, 0) is 0 Å². The van der Waals surface area contributed by atoms with Crippen LogP contribution < -0.4 is 0 Å². The van der Waals surface area contributed by atoms with Crippen molar-refractivity contribution in [2.24, 2.45) is 5.41 Å². The van der Waals surface area contributed by atoms with Gasteiger partial charge in [-0.15, -0.1) is 0 Å². The van der Waals surface area contributed by atoms with Crippen molar-refractivity contribution in [3.63, 3.8) is 0 Å². The predicted octanol–water partition coefficient (Wildman–Crippen LogP) is 1.67. The third-order valence-electron chi connectivity index (χ3n) is 2.74. The Bertz CT molecular complexity index is 160. The van der Waals surface area contributed by atoms with E-state index in [0.29, 0.717) is 5.41 Å². The van der Waals surface area contributed by atoms with E-state index in [9.17, 15) is 0 Å². The molecule has 1 aliphatic rings. The van der Waals surface area contributed by atoms with Crippen LogP contribution in [0.25, 0.3) is 0 Å². The van der Waals surface area contributed by atoms with Gasteiger partial charge in [-0.3, -0.25) is 0 Å². The van der Waals surface area contributed by atoms with Crippen LogP contribution in [0.2, 0.25) is 0 Å². The SMILES string of the molecule is C[C@@H]1CN(CC(C)(C)C)CCN1C. The average molecular weight is 184 g/mol. The lowest BCUT2D eigenvalue weighted by Crippen LogP contribution is -2.51. The quantitative estimate of drug-likeness (QED) is 0.611. The van der Waals surface area contributed by atoms with Crippen molar-refractivity contribution < 1.29 is 0 Å². The molecule has 0 aliphatic carbocycles. The summed E-state index contributed by atoms with van der Waals surface area (Å²) in [5, 5.41) is 0. The first-order valence-electron chi connectivity index (χ1n) is 5.31. The molecule has 0 aromatic heterocycles. The fourth-order valence-electron chi connectivity index (χ4n) is 1.94. The molecule has 13 heavy (non-hydrogen) atoms. The number of hydrogen-bond donors (Lipinski definition) is 0. The monoisotopic (exact) mass is 184 g/mol. The van der Waals surface area contributed by atoms with Crippen molar-refractivity contribution in [1.82, 2.24) is 9.80 Å². The molecule has 1 fully saturated rings. The molecule has 2 heteroatoms. The Morgan fingerprint density at radius 3 is 2.31 bits per heavy atom. The van der Waals surface area contributed by atoms with Crippen molar-refractivity contribution in [2.45, 2.75) is 33.7 Å². The molecular weight excluding hydrogens is 160 g/mol. The molecule has 0 bridgehead atoms. The molecule has 0 aromatic carbocycles. The Morgan fingerprint density at radius 1 is 1.23 bits per heavy atom. The fraction of sp³-hybridized carbons (Fsp3) is 1.00. The average Bonchev–Trinajstić information content (AvgIpc) is 1.94. The van der Waals surface area contributed by atoms with Gasteiger partial charge in [-0.25, -0.2) is 0 Å². The minimum absolute atomic E-state index is 0.440. The normalized spacial score (nSPS) is 27.9. The first-order chi connectivity index (χ1) is 5.88. The maximum absolute atomic E-state index is 2.59. The number of nitrogens with zero attached hydrogens (tertiary/aromatic N) is 2. The summed E-state index contributed by atoms with van der Waals surface area (Å²) in [5.41, 5.74) is 0.440. The lowest BCUT2D eigenvalue weighted by atomic mass is 9.95. The molecule has 2 nitrogen and oxygen atoms in total. The van der Waals surface area contributed by atoms with Crippen LogP contribution in [0.3, 0.4) is 0 Å². The maximum atomic E-state index is 2.59. The molecule has 0 spiro atoms. The van der Waals surface area contributed by atoms with Gasteiger partial charge in [0.15, 0.2) is 0 Å². The van der Waals surface area contributed by atoms with E-state index in [1.54, 1.807) is 0 Å². The van der Waals surface area contributed by atoms with E-state index < -0.39 is 0 Å². The van der Waals surface area contributed by atoms with E-state index in [0.717, 1.165) is 6.04 Å². The van der Waals surface area contributed by atoms with Crippen molar-refractivity contribution in [1.29, 1.82) is 0 Å². The van der Waals surface area contributed by atoms with E-state index in [4.69, 9.17) is 0 Å². The molecule has 0 N–H and O–H groups in total. The minimum Gasteiger partial charge on any atom is -0.301 e. The van der Waals surface area contributed by atoms with Gasteiger partial charge >= 0.3 is 0 Å². The summed E-state index contributed by atoms with van der Waals surface area (Å²) in [6.45, 7) is 14.2. The molecule has 0 saturated carbocycles. The molecule has 1 atom stereocenters. The molecule has 1 rings (SSSR count). The topological polar surface area (TPSA) is 6.48 Å². The van der Waals surface area contributed by atoms with Crippen LogP contribution >= 0.6 is 0 Å². The lowest BCUT2D eigenvalue weighted by molar-refractivity contribution is 0.0794. The molecule has 0 amide bonds. The molecule has 0 unspecified atom stereocenters. The molecular formula is C11H24N2. The Balaban J connectivity index is 2.38. The molecule has 1 aliphatic heterocycles. The number of likely N-dealkylation sites (N-methyl/N-ethyl adjacent to an activating group) is 1. The largest absolute Gasteiger partial charge is 0.301 e. The summed E-state index contributed by atoms with van der Waals surface area (Å²) in [5.74, 6) is 0. The first-order valence-corrected chi connectivity index (χ1v) is 5.31. The van der Waals surface area contributed by atoms with E-state index in [2.05, 4.69) is 44.5 Å². The predicted molar refractivity (Wildman–Crippen MR) is 58.0 cm³/mol. The minimum atomic E-state index is 0.440. The van der Waals surface area contributed by atoms with E-state index in [-0.39, 0.29) is 0 Å². The van der Waals surface area contributed by atoms with Gasteiger partial charge in [0.25, 0.3) is 0 Å². The van der Waals surface area contributed by atoms with Gasteiger partial charge in [-0.05, 0) is 19.4 Å². The maximum Gasteiger partial charge on any atom is 0.0192 e. The number of hydrogen-bond acceptors (Lipinski definition) is 2. The first kappa shape index (κ1) is 11.0. The van der Waals surface area contributed by atoms with Gasteiger partial charge < -0.3 is 9.80 Å². The third-order valence-corrected chi connectivity index (χ3v) is 2.74. The second kappa shape index (κ2) is 3.97. The van der Waals surface area contributed by atoms with Crippen LogP contribution in [0, 0.1) is 5.41 Å². The molecule has 1 saturated heterocycles. The van der Waals surface area contributed by atoms with E-state index in [1.807, 2.05) is 0 Å². The summed E-state index contributed by atoms with van der Waals surface area (Å²) >= 11 is 0. The van der Waals surface area contributed by atoms with Crippen molar-refractivity contribution in [3.8, 4) is 0 Å². The number of piperazine rings is 1. The Morgan fingerprint density at radius 2 is 1.85 bits per heavy atom. The Labute approximate surface area is 82.9 Å². The second-order valence-corrected chi connectivity index (χ2v) is 5.63. The zero-order chi connectivity index (χ0) is 10.1. The van der Waals surface area contributed by atoms with Crippen LogP contribution in [0.4, 0.5) is 0 Å². The standard InChI is InChI=1S/C11H24N2/c1-10-8-13(7-6-12(10)5)9-11(2,3)4/h10H,6-9H2,1-5H3/t10-/m1/s1. The van der Waals surface area contributed by atoms with Gasteiger partial charge in [0.2, 0.25) is 0 Å². The lowest BCUT2D eigenvalue weighted by Gasteiger charge is -2.40. The highest BCUT2D eigenvalue weighted by Crippen LogP contribution is 2.17. The van der Waals surface area contributed by atoms with Crippen LogP contribution in [0.5, 0.6) is 0 Å². The third kappa shape index (κ3) is 3.65. The van der Waals surface area contributed by atoms with Crippen molar-refractivity contribution >= 4 is 0 Å². The van der Waals surface area contributed by atoms with Crippen molar-refractivity contribution in [3.05, 3.63) is 0 Å². The Hall–Kier alpha value is -0.0800. The van der Waals surface area contributed by atoms with E-state index >= 15 is 0 Å². The zero-order valence-electron chi connectivity index (χ0n) is 9.80. The highest BCUT2D eigenvalue weighted by atomic mass is 15.3. The Kier molecular flexibility index (Phi) is 3.36. The number of rotatable bonds is 1. The van der Waals surface area contributed by atoms with Gasteiger partial charge in [0.05, 0.1) is 0 Å². The fourth-order valence-corrected chi connectivity index (χ4v) is 1.94. The smallest absolute Gasteiger partial charge is 0.0192 e. The highest BCUT2D eigenvalue weighted by molar-refractivity contribution is 4.79. The summed E-state index contributed by atoms with van der Waals surface area (Å²) in [6.07, 6.45) is 0. The zero-order valence-corrected chi connectivity index (χ0v) is 9.80. The van der Waals surface area contributed by atoms with Crippen LogP contribution in [0.15, 0.2) is 0 Å². The molecule has 0 radical (unpaired) electrons.